The van der Waals surface area contributed by atoms with E-state index in [1.807, 2.05) is 24.3 Å². The molecule has 4 rings (SSSR count). The van der Waals surface area contributed by atoms with Crippen molar-refractivity contribution in [1.82, 2.24) is 10.2 Å². The van der Waals surface area contributed by atoms with E-state index < -0.39 is 11.6 Å². The van der Waals surface area contributed by atoms with Crippen LogP contribution in [0.2, 0.25) is 0 Å². The van der Waals surface area contributed by atoms with Gasteiger partial charge < -0.3 is 14.8 Å². The highest BCUT2D eigenvalue weighted by molar-refractivity contribution is 9.10. The molecule has 2 heterocycles. The number of ether oxygens (including phenoxy) is 2. The van der Waals surface area contributed by atoms with Crippen LogP contribution in [0.5, 0.6) is 11.5 Å². The van der Waals surface area contributed by atoms with E-state index in [1.165, 1.54) is 4.90 Å². The van der Waals surface area contributed by atoms with E-state index in [0.29, 0.717) is 17.1 Å². The van der Waals surface area contributed by atoms with E-state index in [9.17, 15) is 9.59 Å². The van der Waals surface area contributed by atoms with Crippen LogP contribution in [0.3, 0.4) is 0 Å². The Labute approximate surface area is 152 Å². The van der Waals surface area contributed by atoms with Gasteiger partial charge in [-0.2, -0.15) is 0 Å². The van der Waals surface area contributed by atoms with Crippen LogP contribution in [0.4, 0.5) is 4.79 Å². The molecular formula is C18H15BrN2O4. The molecule has 1 fully saturated rings. The van der Waals surface area contributed by atoms with Crippen molar-refractivity contribution in [2.24, 2.45) is 0 Å². The maximum Gasteiger partial charge on any atom is 0.325 e. The highest BCUT2D eigenvalue weighted by atomic mass is 79.9. The zero-order chi connectivity index (χ0) is 17.6. The summed E-state index contributed by atoms with van der Waals surface area (Å²) in [6, 6.07) is 12.4. The van der Waals surface area contributed by atoms with E-state index in [2.05, 4.69) is 21.2 Å². The molecule has 1 saturated heterocycles. The maximum atomic E-state index is 13.0. The molecule has 0 radical (unpaired) electrons. The fourth-order valence-corrected chi connectivity index (χ4v) is 3.45. The van der Waals surface area contributed by atoms with E-state index in [-0.39, 0.29) is 19.2 Å². The minimum absolute atomic E-state index is 0.157. The van der Waals surface area contributed by atoms with Gasteiger partial charge in [0.1, 0.15) is 5.54 Å². The van der Waals surface area contributed by atoms with Crippen molar-refractivity contribution >= 4 is 27.9 Å². The monoisotopic (exact) mass is 402 g/mol. The summed E-state index contributed by atoms with van der Waals surface area (Å²) in [6.07, 6.45) is 0. The average molecular weight is 403 g/mol. The first-order chi connectivity index (χ1) is 12.0. The Morgan fingerprint density at radius 3 is 2.72 bits per heavy atom. The Bertz CT molecular complexity index is 885. The topological polar surface area (TPSA) is 67.9 Å². The Kier molecular flexibility index (Phi) is 3.68. The fraction of sp³-hybridized carbons (Fsp3) is 0.222. The predicted molar refractivity (Wildman–Crippen MR) is 93.1 cm³/mol. The lowest BCUT2D eigenvalue weighted by Crippen LogP contribution is -2.40. The lowest BCUT2D eigenvalue weighted by molar-refractivity contribution is -0.131. The van der Waals surface area contributed by atoms with Crippen LogP contribution >= 0.6 is 15.9 Å². The Morgan fingerprint density at radius 2 is 1.92 bits per heavy atom. The third-order valence-corrected chi connectivity index (χ3v) is 5.28. The molecule has 2 aromatic carbocycles. The molecule has 2 aliphatic heterocycles. The van der Waals surface area contributed by atoms with Crippen molar-refractivity contribution in [3.05, 3.63) is 58.1 Å². The molecule has 3 amide bonds. The molecule has 0 unspecified atom stereocenters. The highest BCUT2D eigenvalue weighted by Crippen LogP contribution is 2.38. The van der Waals surface area contributed by atoms with Crippen molar-refractivity contribution < 1.29 is 19.1 Å². The summed E-state index contributed by atoms with van der Waals surface area (Å²) in [5, 5.41) is 2.80. The molecular weight excluding hydrogens is 388 g/mol. The first-order valence-corrected chi connectivity index (χ1v) is 8.56. The average Bonchev–Trinajstić information content (AvgIpc) is 3.15. The van der Waals surface area contributed by atoms with Crippen LogP contribution in [0.1, 0.15) is 18.1 Å². The molecule has 0 aromatic heterocycles. The number of carbonyl (C=O) groups excluding carboxylic acids is 2. The molecule has 2 aliphatic rings. The number of hydrogen-bond acceptors (Lipinski definition) is 4. The van der Waals surface area contributed by atoms with E-state index in [4.69, 9.17) is 9.47 Å². The normalized spacial score (nSPS) is 21.6. The number of amides is 3. The second-order valence-corrected chi connectivity index (χ2v) is 6.96. The Hall–Kier alpha value is -2.54. The van der Waals surface area contributed by atoms with E-state index in [1.54, 1.807) is 25.1 Å². The van der Waals surface area contributed by atoms with E-state index in [0.717, 1.165) is 10.0 Å². The van der Waals surface area contributed by atoms with Gasteiger partial charge in [0.15, 0.2) is 11.5 Å². The second-order valence-electron chi connectivity index (χ2n) is 6.11. The zero-order valence-electron chi connectivity index (χ0n) is 13.4. The number of halogens is 1. The van der Waals surface area contributed by atoms with Crippen LogP contribution in [0, 0.1) is 0 Å². The second kappa shape index (κ2) is 5.77. The predicted octanol–water partition coefficient (Wildman–Crippen LogP) is 3.15. The molecule has 6 nitrogen and oxygen atoms in total. The maximum absolute atomic E-state index is 13.0. The van der Waals surface area contributed by atoms with Crippen LogP contribution in [0.25, 0.3) is 0 Å². The summed E-state index contributed by atoms with van der Waals surface area (Å²) in [5.41, 5.74) is 0.380. The van der Waals surface area contributed by atoms with Gasteiger partial charge in [-0.05, 0) is 36.2 Å². The van der Waals surface area contributed by atoms with Gasteiger partial charge >= 0.3 is 6.03 Å². The van der Waals surface area contributed by atoms with Crippen LogP contribution < -0.4 is 14.8 Å². The number of hydrogen-bond donors (Lipinski definition) is 1. The number of fused-ring (bicyclic) bond motifs is 1. The number of carbonyl (C=O) groups is 2. The molecule has 128 valence electrons. The van der Waals surface area contributed by atoms with Crippen molar-refractivity contribution in [1.29, 1.82) is 0 Å². The summed E-state index contributed by atoms with van der Waals surface area (Å²) in [6.45, 7) is 2.06. The molecule has 25 heavy (non-hydrogen) atoms. The van der Waals surface area contributed by atoms with Crippen LogP contribution in [0.15, 0.2) is 46.9 Å². The van der Waals surface area contributed by atoms with Crippen molar-refractivity contribution in [2.45, 2.75) is 19.0 Å². The first kappa shape index (κ1) is 16.0. The number of benzene rings is 2. The van der Waals surface area contributed by atoms with Crippen LogP contribution in [-0.4, -0.2) is 23.6 Å². The summed E-state index contributed by atoms with van der Waals surface area (Å²) in [5.74, 6) is 0.909. The number of urea groups is 1. The molecule has 0 spiro atoms. The zero-order valence-corrected chi connectivity index (χ0v) is 15.0. The number of imide groups is 1. The Morgan fingerprint density at radius 1 is 1.16 bits per heavy atom. The largest absolute Gasteiger partial charge is 0.454 e. The van der Waals surface area contributed by atoms with E-state index >= 15 is 0 Å². The molecule has 0 aliphatic carbocycles. The quantitative estimate of drug-likeness (QED) is 0.800. The third kappa shape index (κ3) is 2.55. The fourth-order valence-electron chi connectivity index (χ4n) is 3.04. The summed E-state index contributed by atoms with van der Waals surface area (Å²) >= 11 is 3.45. The van der Waals surface area contributed by atoms with Gasteiger partial charge in [-0.1, -0.05) is 40.2 Å². The molecule has 2 aromatic rings. The minimum Gasteiger partial charge on any atom is -0.454 e. The molecule has 0 saturated carbocycles. The first-order valence-electron chi connectivity index (χ1n) is 7.77. The molecule has 1 N–H and O–H groups in total. The van der Waals surface area contributed by atoms with Gasteiger partial charge in [0.2, 0.25) is 6.79 Å². The van der Waals surface area contributed by atoms with Crippen LogP contribution in [-0.2, 0) is 16.9 Å². The lowest BCUT2D eigenvalue weighted by atomic mass is 9.91. The lowest BCUT2D eigenvalue weighted by Gasteiger charge is -2.22. The number of nitrogens with zero attached hydrogens (tertiary/aromatic N) is 1. The molecule has 7 heteroatoms. The highest BCUT2D eigenvalue weighted by Gasteiger charge is 2.49. The summed E-state index contributed by atoms with van der Waals surface area (Å²) in [4.78, 5) is 26.7. The Balaban J connectivity index is 1.65. The van der Waals surface area contributed by atoms with Crippen molar-refractivity contribution in [3.8, 4) is 11.5 Å². The van der Waals surface area contributed by atoms with Gasteiger partial charge in [-0.3, -0.25) is 9.69 Å². The standard InChI is InChI=1S/C18H15BrN2O4/c1-18(12-6-7-14-15(8-12)25-10-24-14)16(22)21(17(23)20-18)9-11-4-2-3-5-13(11)19/h2-8H,9-10H2,1H3,(H,20,23)/t18-/m1/s1. The van der Waals surface area contributed by atoms with Gasteiger partial charge in [0, 0.05) is 4.47 Å². The van der Waals surface area contributed by atoms with Gasteiger partial charge in [0.25, 0.3) is 5.91 Å². The summed E-state index contributed by atoms with van der Waals surface area (Å²) < 4.78 is 11.5. The third-order valence-electron chi connectivity index (χ3n) is 4.51. The van der Waals surface area contributed by atoms with Gasteiger partial charge in [0.05, 0.1) is 6.54 Å². The van der Waals surface area contributed by atoms with Gasteiger partial charge in [-0.25, -0.2) is 4.79 Å². The minimum atomic E-state index is -1.14. The smallest absolute Gasteiger partial charge is 0.325 e. The van der Waals surface area contributed by atoms with Crippen molar-refractivity contribution in [2.75, 3.05) is 6.79 Å². The SMILES string of the molecule is C[C@]1(c2ccc3c(c2)OCO3)NC(=O)N(Cc2ccccc2Br)C1=O. The summed E-state index contributed by atoms with van der Waals surface area (Å²) in [7, 11) is 0. The number of rotatable bonds is 3. The van der Waals surface area contributed by atoms with Gasteiger partial charge in [-0.15, -0.1) is 0 Å². The number of nitrogens with one attached hydrogen (secondary N) is 1. The molecule has 1 atom stereocenters. The van der Waals surface area contributed by atoms with Crippen molar-refractivity contribution in [3.63, 3.8) is 0 Å². The molecule has 0 bridgehead atoms.